The number of nitrogens with two attached hydrogens (primary N) is 1. The van der Waals surface area contributed by atoms with Gasteiger partial charge >= 0.3 is 0 Å². The summed E-state index contributed by atoms with van der Waals surface area (Å²) in [5.41, 5.74) is 6.45. The van der Waals surface area contributed by atoms with Crippen LogP contribution in [0.15, 0.2) is 16.7 Å². The molecule has 1 aliphatic heterocycles. The second kappa shape index (κ2) is 6.57. The number of halogens is 1. The van der Waals surface area contributed by atoms with Crippen LogP contribution in [0.1, 0.15) is 43.1 Å². The minimum Gasteiger partial charge on any atom is -0.343 e. The Labute approximate surface area is 123 Å². The van der Waals surface area contributed by atoms with Crippen molar-refractivity contribution < 1.29 is 4.79 Å². The van der Waals surface area contributed by atoms with E-state index in [-0.39, 0.29) is 5.91 Å². The van der Waals surface area contributed by atoms with E-state index in [1.807, 2.05) is 21.7 Å². The first-order chi connectivity index (χ1) is 9.17. The van der Waals surface area contributed by atoms with Crippen LogP contribution >= 0.6 is 15.9 Å². The molecule has 0 radical (unpaired) electrons. The van der Waals surface area contributed by atoms with E-state index < -0.39 is 0 Å². The van der Waals surface area contributed by atoms with E-state index in [0.717, 1.165) is 42.5 Å². The highest BCUT2D eigenvalue weighted by Gasteiger charge is 2.28. The Kier molecular flexibility index (Phi) is 5.05. The SMILES string of the molecule is CCn1cc(Br)cc1C(=O)N1CCCCC1CCN. The van der Waals surface area contributed by atoms with Crippen molar-refractivity contribution in [2.75, 3.05) is 13.1 Å². The molecule has 19 heavy (non-hydrogen) atoms. The zero-order valence-electron chi connectivity index (χ0n) is 11.4. The van der Waals surface area contributed by atoms with Crippen molar-refractivity contribution in [2.24, 2.45) is 5.73 Å². The topological polar surface area (TPSA) is 51.3 Å². The fourth-order valence-corrected chi connectivity index (χ4v) is 3.29. The van der Waals surface area contributed by atoms with Gasteiger partial charge in [-0.1, -0.05) is 0 Å². The van der Waals surface area contributed by atoms with Gasteiger partial charge in [-0.05, 0) is 61.1 Å². The molecule has 1 aliphatic rings. The van der Waals surface area contributed by atoms with Gasteiger partial charge in [0, 0.05) is 29.8 Å². The number of hydrogen-bond donors (Lipinski definition) is 1. The predicted octanol–water partition coefficient (Wildman–Crippen LogP) is 2.61. The van der Waals surface area contributed by atoms with Crippen LogP contribution in [0.5, 0.6) is 0 Å². The van der Waals surface area contributed by atoms with Gasteiger partial charge < -0.3 is 15.2 Å². The summed E-state index contributed by atoms with van der Waals surface area (Å²) in [7, 11) is 0. The number of carbonyl (C=O) groups is 1. The van der Waals surface area contributed by atoms with Gasteiger partial charge in [-0.25, -0.2) is 0 Å². The molecule has 1 atom stereocenters. The van der Waals surface area contributed by atoms with Crippen LogP contribution in [0.4, 0.5) is 0 Å². The molecule has 0 spiro atoms. The van der Waals surface area contributed by atoms with Gasteiger partial charge in [0.2, 0.25) is 0 Å². The smallest absolute Gasteiger partial charge is 0.270 e. The maximum absolute atomic E-state index is 12.7. The third-order valence-corrected chi connectivity index (χ3v) is 4.24. The number of carbonyl (C=O) groups excluding carboxylic acids is 1. The lowest BCUT2D eigenvalue weighted by Crippen LogP contribution is -2.45. The van der Waals surface area contributed by atoms with Crippen molar-refractivity contribution in [3.63, 3.8) is 0 Å². The molecule has 0 bridgehead atoms. The zero-order chi connectivity index (χ0) is 13.8. The van der Waals surface area contributed by atoms with Crippen LogP contribution < -0.4 is 5.73 Å². The summed E-state index contributed by atoms with van der Waals surface area (Å²) in [5.74, 6) is 0.144. The quantitative estimate of drug-likeness (QED) is 0.924. The first-order valence-corrected chi connectivity index (χ1v) is 7.83. The molecule has 106 valence electrons. The van der Waals surface area contributed by atoms with Crippen molar-refractivity contribution in [2.45, 2.75) is 45.2 Å². The zero-order valence-corrected chi connectivity index (χ0v) is 13.0. The minimum absolute atomic E-state index is 0.144. The molecule has 0 aliphatic carbocycles. The van der Waals surface area contributed by atoms with Crippen molar-refractivity contribution in [1.29, 1.82) is 0 Å². The van der Waals surface area contributed by atoms with Crippen LogP contribution in [0.2, 0.25) is 0 Å². The summed E-state index contributed by atoms with van der Waals surface area (Å²) in [4.78, 5) is 14.7. The number of rotatable bonds is 4. The number of hydrogen-bond acceptors (Lipinski definition) is 2. The molecule has 1 amide bonds. The Morgan fingerprint density at radius 3 is 3.00 bits per heavy atom. The molecule has 1 saturated heterocycles. The largest absolute Gasteiger partial charge is 0.343 e. The molecule has 1 unspecified atom stereocenters. The van der Waals surface area contributed by atoms with E-state index in [1.54, 1.807) is 0 Å². The summed E-state index contributed by atoms with van der Waals surface area (Å²) < 4.78 is 2.96. The average molecular weight is 328 g/mol. The van der Waals surface area contributed by atoms with E-state index in [4.69, 9.17) is 5.73 Å². The molecular formula is C14H22BrN3O. The van der Waals surface area contributed by atoms with Gasteiger partial charge in [-0.2, -0.15) is 0 Å². The van der Waals surface area contributed by atoms with Crippen LogP contribution in [-0.4, -0.2) is 34.5 Å². The van der Waals surface area contributed by atoms with Gasteiger partial charge in [0.1, 0.15) is 5.69 Å². The van der Waals surface area contributed by atoms with Crippen molar-refractivity contribution >= 4 is 21.8 Å². The van der Waals surface area contributed by atoms with Gasteiger partial charge in [0.25, 0.3) is 5.91 Å². The first kappa shape index (κ1) is 14.6. The maximum atomic E-state index is 12.7. The van der Waals surface area contributed by atoms with Gasteiger partial charge in [0.15, 0.2) is 0 Å². The lowest BCUT2D eigenvalue weighted by atomic mass is 9.99. The summed E-state index contributed by atoms with van der Waals surface area (Å²) in [6, 6.07) is 2.23. The second-order valence-electron chi connectivity index (χ2n) is 5.06. The number of amides is 1. The number of nitrogens with zero attached hydrogens (tertiary/aromatic N) is 2. The number of aryl methyl sites for hydroxylation is 1. The highest BCUT2D eigenvalue weighted by atomic mass is 79.9. The summed E-state index contributed by atoms with van der Waals surface area (Å²) in [6.45, 7) is 4.36. The Balaban J connectivity index is 2.20. The summed E-state index contributed by atoms with van der Waals surface area (Å²) >= 11 is 3.45. The molecule has 5 heteroatoms. The van der Waals surface area contributed by atoms with Crippen molar-refractivity contribution in [3.05, 3.63) is 22.4 Å². The van der Waals surface area contributed by atoms with Crippen LogP contribution in [0, 0.1) is 0 Å². The number of likely N-dealkylation sites (tertiary alicyclic amines) is 1. The molecule has 0 aromatic carbocycles. The molecule has 2 N–H and O–H groups in total. The van der Waals surface area contributed by atoms with E-state index in [2.05, 4.69) is 22.9 Å². The molecule has 2 rings (SSSR count). The van der Waals surface area contributed by atoms with E-state index in [1.165, 1.54) is 6.42 Å². The Morgan fingerprint density at radius 1 is 1.53 bits per heavy atom. The molecule has 0 saturated carbocycles. The third kappa shape index (κ3) is 3.20. The van der Waals surface area contributed by atoms with E-state index in [9.17, 15) is 4.79 Å². The van der Waals surface area contributed by atoms with Crippen LogP contribution in [-0.2, 0) is 6.54 Å². The molecular weight excluding hydrogens is 306 g/mol. The lowest BCUT2D eigenvalue weighted by molar-refractivity contribution is 0.0594. The third-order valence-electron chi connectivity index (χ3n) is 3.81. The maximum Gasteiger partial charge on any atom is 0.270 e. The van der Waals surface area contributed by atoms with Gasteiger partial charge in [-0.3, -0.25) is 4.79 Å². The normalized spacial score (nSPS) is 19.7. The first-order valence-electron chi connectivity index (χ1n) is 7.04. The second-order valence-corrected chi connectivity index (χ2v) is 5.97. The lowest BCUT2D eigenvalue weighted by Gasteiger charge is -2.35. The summed E-state index contributed by atoms with van der Waals surface area (Å²) in [5, 5.41) is 0. The fraction of sp³-hybridized carbons (Fsp3) is 0.643. The number of piperidine rings is 1. The van der Waals surface area contributed by atoms with Crippen molar-refractivity contribution in [3.8, 4) is 0 Å². The molecule has 2 heterocycles. The minimum atomic E-state index is 0.144. The van der Waals surface area contributed by atoms with Gasteiger partial charge in [0.05, 0.1) is 0 Å². The molecule has 1 aromatic heterocycles. The Morgan fingerprint density at radius 2 is 2.32 bits per heavy atom. The fourth-order valence-electron chi connectivity index (χ4n) is 2.82. The van der Waals surface area contributed by atoms with E-state index >= 15 is 0 Å². The highest BCUT2D eigenvalue weighted by molar-refractivity contribution is 9.10. The highest BCUT2D eigenvalue weighted by Crippen LogP contribution is 2.23. The monoisotopic (exact) mass is 327 g/mol. The Bertz CT molecular complexity index is 442. The summed E-state index contributed by atoms with van der Waals surface area (Å²) in [6.07, 6.45) is 6.25. The molecule has 1 aromatic rings. The van der Waals surface area contributed by atoms with Crippen LogP contribution in [0.3, 0.4) is 0 Å². The molecule has 4 nitrogen and oxygen atoms in total. The molecule has 1 fully saturated rings. The van der Waals surface area contributed by atoms with Crippen LogP contribution in [0.25, 0.3) is 0 Å². The predicted molar refractivity (Wildman–Crippen MR) is 80.2 cm³/mol. The average Bonchev–Trinajstić information content (AvgIpc) is 2.80. The van der Waals surface area contributed by atoms with E-state index in [0.29, 0.717) is 12.6 Å². The standard InChI is InChI=1S/C14H22BrN3O/c1-2-17-10-11(15)9-13(17)14(19)18-8-4-3-5-12(18)6-7-16/h9-10,12H,2-8,16H2,1H3. The number of aromatic nitrogens is 1. The van der Waals surface area contributed by atoms with Crippen molar-refractivity contribution in [1.82, 2.24) is 9.47 Å². The Hall–Kier alpha value is -0.810. The van der Waals surface area contributed by atoms with Gasteiger partial charge in [-0.15, -0.1) is 0 Å².